The van der Waals surface area contributed by atoms with Crippen molar-refractivity contribution < 1.29 is 4.74 Å². The molecule has 1 aromatic carbocycles. The summed E-state index contributed by atoms with van der Waals surface area (Å²) in [6.07, 6.45) is 3.38. The van der Waals surface area contributed by atoms with Gasteiger partial charge in [-0.25, -0.2) is 0 Å². The molecule has 1 rings (SSSR count). The Morgan fingerprint density at radius 1 is 1.38 bits per heavy atom. The zero-order chi connectivity index (χ0) is 11.8. The minimum absolute atomic E-state index is 0.400. The fourth-order valence-electron chi connectivity index (χ4n) is 1.97. The van der Waals surface area contributed by atoms with Crippen LogP contribution in [0.1, 0.15) is 36.9 Å². The number of benzene rings is 1. The summed E-state index contributed by atoms with van der Waals surface area (Å²) in [7, 11) is 3.76. The standard InChI is InChI=1S/C14H23NO/c1-4-6-12-7-5-8-13(11-12)14(15-2)9-10-16-3/h5,7-8,11,14-15H,4,6,9-10H2,1-3H3. The molecule has 1 atom stereocenters. The summed E-state index contributed by atoms with van der Waals surface area (Å²) in [6, 6.07) is 9.25. The van der Waals surface area contributed by atoms with Crippen molar-refractivity contribution >= 4 is 0 Å². The maximum absolute atomic E-state index is 5.13. The molecular formula is C14H23NO. The minimum Gasteiger partial charge on any atom is -0.385 e. The molecule has 0 saturated carbocycles. The third kappa shape index (κ3) is 3.95. The Hall–Kier alpha value is -0.860. The van der Waals surface area contributed by atoms with Gasteiger partial charge in [0, 0.05) is 19.8 Å². The molecule has 1 aromatic rings. The number of ether oxygens (including phenoxy) is 1. The Morgan fingerprint density at radius 3 is 2.81 bits per heavy atom. The average molecular weight is 221 g/mol. The van der Waals surface area contributed by atoms with Crippen LogP contribution >= 0.6 is 0 Å². The summed E-state index contributed by atoms with van der Waals surface area (Å²) in [4.78, 5) is 0. The lowest BCUT2D eigenvalue weighted by Gasteiger charge is -2.17. The Labute approximate surface area is 99.0 Å². The van der Waals surface area contributed by atoms with Crippen LogP contribution in [0.4, 0.5) is 0 Å². The minimum atomic E-state index is 0.400. The summed E-state index contributed by atoms with van der Waals surface area (Å²) in [5.74, 6) is 0. The fourth-order valence-corrected chi connectivity index (χ4v) is 1.97. The molecule has 0 bridgehead atoms. The first kappa shape index (κ1) is 13.2. The first-order chi connectivity index (χ1) is 7.81. The molecule has 0 amide bonds. The van der Waals surface area contributed by atoms with Crippen molar-refractivity contribution in [2.75, 3.05) is 20.8 Å². The van der Waals surface area contributed by atoms with E-state index in [1.54, 1.807) is 7.11 Å². The number of hydrogen-bond acceptors (Lipinski definition) is 2. The van der Waals surface area contributed by atoms with Crippen LogP contribution in [0.15, 0.2) is 24.3 Å². The van der Waals surface area contributed by atoms with E-state index in [9.17, 15) is 0 Å². The third-order valence-corrected chi connectivity index (χ3v) is 2.85. The highest BCUT2D eigenvalue weighted by Gasteiger charge is 2.08. The SMILES string of the molecule is CCCc1cccc(C(CCOC)NC)c1. The van der Waals surface area contributed by atoms with E-state index in [2.05, 4.69) is 36.5 Å². The van der Waals surface area contributed by atoms with Crippen LogP contribution in [0.2, 0.25) is 0 Å². The molecule has 0 fully saturated rings. The number of hydrogen-bond donors (Lipinski definition) is 1. The summed E-state index contributed by atoms with van der Waals surface area (Å²) in [5.41, 5.74) is 2.79. The van der Waals surface area contributed by atoms with E-state index in [0.717, 1.165) is 19.4 Å². The van der Waals surface area contributed by atoms with E-state index in [0.29, 0.717) is 6.04 Å². The van der Waals surface area contributed by atoms with Crippen molar-refractivity contribution in [3.05, 3.63) is 35.4 Å². The van der Waals surface area contributed by atoms with E-state index < -0.39 is 0 Å². The molecule has 0 aromatic heterocycles. The number of aryl methyl sites for hydroxylation is 1. The topological polar surface area (TPSA) is 21.3 Å². The van der Waals surface area contributed by atoms with Gasteiger partial charge < -0.3 is 10.1 Å². The van der Waals surface area contributed by atoms with Crippen LogP contribution < -0.4 is 5.32 Å². The first-order valence-electron chi connectivity index (χ1n) is 6.06. The highest BCUT2D eigenvalue weighted by Crippen LogP contribution is 2.18. The second-order valence-electron chi connectivity index (χ2n) is 4.12. The fraction of sp³-hybridized carbons (Fsp3) is 0.571. The van der Waals surface area contributed by atoms with E-state index in [4.69, 9.17) is 4.74 Å². The molecule has 16 heavy (non-hydrogen) atoms. The third-order valence-electron chi connectivity index (χ3n) is 2.85. The van der Waals surface area contributed by atoms with Crippen molar-refractivity contribution in [1.82, 2.24) is 5.32 Å². The summed E-state index contributed by atoms with van der Waals surface area (Å²) in [5, 5.41) is 3.34. The second-order valence-corrected chi connectivity index (χ2v) is 4.12. The lowest BCUT2D eigenvalue weighted by Crippen LogP contribution is -2.18. The van der Waals surface area contributed by atoms with Crippen molar-refractivity contribution in [2.24, 2.45) is 0 Å². The van der Waals surface area contributed by atoms with Gasteiger partial charge in [0.2, 0.25) is 0 Å². The molecule has 2 nitrogen and oxygen atoms in total. The Balaban J connectivity index is 2.71. The highest BCUT2D eigenvalue weighted by molar-refractivity contribution is 5.26. The molecule has 0 aliphatic rings. The van der Waals surface area contributed by atoms with Gasteiger partial charge in [0.1, 0.15) is 0 Å². The maximum Gasteiger partial charge on any atom is 0.0480 e. The lowest BCUT2D eigenvalue weighted by atomic mass is 10.00. The van der Waals surface area contributed by atoms with E-state index in [1.807, 2.05) is 7.05 Å². The van der Waals surface area contributed by atoms with Crippen LogP contribution in [0, 0.1) is 0 Å². The molecule has 0 aliphatic carbocycles. The zero-order valence-electron chi connectivity index (χ0n) is 10.6. The van der Waals surface area contributed by atoms with Gasteiger partial charge in [-0.2, -0.15) is 0 Å². The number of rotatable bonds is 7. The van der Waals surface area contributed by atoms with E-state index in [1.165, 1.54) is 17.5 Å². The molecule has 0 radical (unpaired) electrons. The average Bonchev–Trinajstić information content (AvgIpc) is 2.31. The van der Waals surface area contributed by atoms with Gasteiger partial charge >= 0.3 is 0 Å². The van der Waals surface area contributed by atoms with Gasteiger partial charge in [-0.05, 0) is 31.0 Å². The van der Waals surface area contributed by atoms with Gasteiger partial charge in [0.25, 0.3) is 0 Å². The van der Waals surface area contributed by atoms with Gasteiger partial charge in [-0.15, -0.1) is 0 Å². The Morgan fingerprint density at radius 2 is 2.19 bits per heavy atom. The summed E-state index contributed by atoms with van der Waals surface area (Å²) < 4.78 is 5.13. The van der Waals surface area contributed by atoms with Crippen molar-refractivity contribution in [3.8, 4) is 0 Å². The van der Waals surface area contributed by atoms with Crippen LogP contribution in [-0.4, -0.2) is 20.8 Å². The van der Waals surface area contributed by atoms with Crippen LogP contribution in [0.3, 0.4) is 0 Å². The molecule has 1 N–H and O–H groups in total. The van der Waals surface area contributed by atoms with Crippen LogP contribution in [0.5, 0.6) is 0 Å². The second kappa shape index (κ2) is 7.42. The largest absolute Gasteiger partial charge is 0.385 e. The molecular weight excluding hydrogens is 198 g/mol. The Kier molecular flexibility index (Phi) is 6.12. The molecule has 0 aliphatic heterocycles. The zero-order valence-corrected chi connectivity index (χ0v) is 10.6. The van der Waals surface area contributed by atoms with Gasteiger partial charge in [0.15, 0.2) is 0 Å². The van der Waals surface area contributed by atoms with E-state index in [-0.39, 0.29) is 0 Å². The lowest BCUT2D eigenvalue weighted by molar-refractivity contribution is 0.184. The quantitative estimate of drug-likeness (QED) is 0.764. The maximum atomic E-state index is 5.13. The smallest absolute Gasteiger partial charge is 0.0480 e. The van der Waals surface area contributed by atoms with Crippen molar-refractivity contribution in [1.29, 1.82) is 0 Å². The first-order valence-corrected chi connectivity index (χ1v) is 6.06. The van der Waals surface area contributed by atoms with Crippen LogP contribution in [0.25, 0.3) is 0 Å². The molecule has 0 saturated heterocycles. The summed E-state index contributed by atoms with van der Waals surface area (Å²) >= 11 is 0. The summed E-state index contributed by atoms with van der Waals surface area (Å²) in [6.45, 7) is 3.01. The van der Waals surface area contributed by atoms with Gasteiger partial charge in [-0.3, -0.25) is 0 Å². The van der Waals surface area contributed by atoms with E-state index >= 15 is 0 Å². The predicted octanol–water partition coefficient (Wildman–Crippen LogP) is 2.94. The molecule has 2 heteroatoms. The predicted molar refractivity (Wildman–Crippen MR) is 68.7 cm³/mol. The molecule has 1 unspecified atom stereocenters. The molecule has 0 spiro atoms. The van der Waals surface area contributed by atoms with Crippen molar-refractivity contribution in [2.45, 2.75) is 32.2 Å². The normalized spacial score (nSPS) is 12.7. The number of methoxy groups -OCH3 is 1. The molecule has 90 valence electrons. The number of nitrogens with one attached hydrogen (secondary N) is 1. The monoisotopic (exact) mass is 221 g/mol. The Bertz CT molecular complexity index is 299. The van der Waals surface area contributed by atoms with Gasteiger partial charge in [-0.1, -0.05) is 37.6 Å². The highest BCUT2D eigenvalue weighted by atomic mass is 16.5. The van der Waals surface area contributed by atoms with Gasteiger partial charge in [0.05, 0.1) is 0 Å². The molecule has 0 heterocycles. The van der Waals surface area contributed by atoms with Crippen molar-refractivity contribution in [3.63, 3.8) is 0 Å². The van der Waals surface area contributed by atoms with Crippen LogP contribution in [-0.2, 0) is 11.2 Å².